The van der Waals surface area contributed by atoms with Crippen LogP contribution in [0.2, 0.25) is 0 Å². The minimum absolute atomic E-state index is 0.0436. The summed E-state index contributed by atoms with van der Waals surface area (Å²) in [6.45, 7) is 9.19. The fourth-order valence-corrected chi connectivity index (χ4v) is 3.60. The number of carbonyl (C=O) groups is 1. The number of rotatable bonds is 4. The van der Waals surface area contributed by atoms with Crippen molar-refractivity contribution in [3.05, 3.63) is 23.5 Å². The Morgan fingerprint density at radius 1 is 1.21 bits per heavy atom. The zero-order valence-electron chi connectivity index (χ0n) is 14.9. The third-order valence-corrected chi connectivity index (χ3v) is 5.27. The molecule has 3 rings (SSSR count). The quantitative estimate of drug-likeness (QED) is 0.796. The summed E-state index contributed by atoms with van der Waals surface area (Å²) in [6, 6.07) is 0.363. The Balaban J connectivity index is 1.55. The van der Waals surface area contributed by atoms with Crippen molar-refractivity contribution in [3.8, 4) is 0 Å². The molecule has 1 amide bonds. The van der Waals surface area contributed by atoms with E-state index < -0.39 is 0 Å². The molecule has 0 radical (unpaired) electrons. The first-order valence-electron chi connectivity index (χ1n) is 9.22. The largest absolute Gasteiger partial charge is 0.337 e. The molecule has 2 saturated heterocycles. The molecule has 6 heteroatoms. The number of hydrogen-bond acceptors (Lipinski definition) is 4. The molecule has 2 aliphatic heterocycles. The van der Waals surface area contributed by atoms with Gasteiger partial charge in [0.25, 0.3) is 5.91 Å². The molecule has 2 aliphatic rings. The molecule has 132 valence electrons. The maximum absolute atomic E-state index is 12.5. The smallest absolute Gasteiger partial charge is 0.276 e. The minimum Gasteiger partial charge on any atom is -0.337 e. The van der Waals surface area contributed by atoms with Crippen molar-refractivity contribution in [2.45, 2.75) is 52.0 Å². The number of carbonyl (C=O) groups excluding carboxylic acids is 1. The average Bonchev–Trinajstić information content (AvgIpc) is 3.12. The Kier molecular flexibility index (Phi) is 5.66. The normalized spacial score (nSPS) is 21.2. The van der Waals surface area contributed by atoms with Crippen LogP contribution in [0.5, 0.6) is 0 Å². The second-order valence-electron chi connectivity index (χ2n) is 7.08. The fraction of sp³-hybridized carbons (Fsp3) is 0.722. The predicted molar refractivity (Wildman–Crippen MR) is 93.9 cm³/mol. The Labute approximate surface area is 144 Å². The van der Waals surface area contributed by atoms with E-state index in [2.05, 4.69) is 35.1 Å². The van der Waals surface area contributed by atoms with Crippen LogP contribution < -0.4 is 0 Å². The summed E-state index contributed by atoms with van der Waals surface area (Å²) < 4.78 is 1.91. The molecule has 0 aliphatic carbocycles. The number of amides is 1. The topological polar surface area (TPSA) is 54.3 Å². The van der Waals surface area contributed by atoms with Crippen LogP contribution in [0, 0.1) is 0 Å². The van der Waals surface area contributed by atoms with Crippen molar-refractivity contribution in [1.29, 1.82) is 0 Å². The second-order valence-corrected chi connectivity index (χ2v) is 7.08. The first-order valence-corrected chi connectivity index (χ1v) is 9.22. The van der Waals surface area contributed by atoms with Gasteiger partial charge in [-0.15, -0.1) is 5.10 Å². The number of aromatic nitrogens is 3. The van der Waals surface area contributed by atoms with Crippen LogP contribution in [0.25, 0.3) is 0 Å². The monoisotopic (exact) mass is 331 g/mol. The molecule has 0 spiro atoms. The number of likely N-dealkylation sites (tertiary alicyclic amines) is 2. The van der Waals surface area contributed by atoms with Gasteiger partial charge in [-0.2, -0.15) is 0 Å². The van der Waals surface area contributed by atoms with E-state index in [-0.39, 0.29) is 5.91 Å². The molecular formula is C18H29N5O. The molecule has 24 heavy (non-hydrogen) atoms. The van der Waals surface area contributed by atoms with Crippen LogP contribution in [0.1, 0.15) is 62.5 Å². The lowest BCUT2D eigenvalue weighted by atomic mass is 10.0. The molecule has 1 aromatic heterocycles. The number of allylic oxidation sites excluding steroid dienone is 1. The van der Waals surface area contributed by atoms with Crippen LogP contribution in [-0.2, 0) is 0 Å². The van der Waals surface area contributed by atoms with Crippen molar-refractivity contribution in [2.75, 3.05) is 32.7 Å². The first-order chi connectivity index (χ1) is 11.7. The van der Waals surface area contributed by atoms with Gasteiger partial charge < -0.3 is 4.90 Å². The van der Waals surface area contributed by atoms with Gasteiger partial charge in [-0.3, -0.25) is 9.69 Å². The summed E-state index contributed by atoms with van der Waals surface area (Å²) in [5, 5.41) is 8.39. The molecule has 0 unspecified atom stereocenters. The van der Waals surface area contributed by atoms with Gasteiger partial charge in [0.2, 0.25) is 0 Å². The maximum atomic E-state index is 12.5. The summed E-state index contributed by atoms with van der Waals surface area (Å²) in [5.74, 6) is 0.0436. The highest BCUT2D eigenvalue weighted by Crippen LogP contribution is 2.22. The van der Waals surface area contributed by atoms with Crippen molar-refractivity contribution in [3.63, 3.8) is 0 Å². The highest BCUT2D eigenvalue weighted by molar-refractivity contribution is 5.91. The Morgan fingerprint density at radius 2 is 1.92 bits per heavy atom. The molecule has 1 aromatic rings. The summed E-state index contributed by atoms with van der Waals surface area (Å²) in [4.78, 5) is 16.9. The van der Waals surface area contributed by atoms with Gasteiger partial charge in [0, 0.05) is 32.7 Å². The average molecular weight is 331 g/mol. The second kappa shape index (κ2) is 7.92. The Morgan fingerprint density at radius 3 is 2.58 bits per heavy atom. The van der Waals surface area contributed by atoms with E-state index in [1.54, 1.807) is 0 Å². The van der Waals surface area contributed by atoms with Gasteiger partial charge >= 0.3 is 0 Å². The third kappa shape index (κ3) is 4.04. The molecule has 0 atom stereocenters. The van der Waals surface area contributed by atoms with E-state index in [9.17, 15) is 4.79 Å². The van der Waals surface area contributed by atoms with Crippen molar-refractivity contribution < 1.29 is 4.79 Å². The molecule has 3 heterocycles. The molecular weight excluding hydrogens is 302 g/mol. The van der Waals surface area contributed by atoms with Crippen LogP contribution >= 0.6 is 0 Å². The van der Waals surface area contributed by atoms with E-state index in [1.165, 1.54) is 12.0 Å². The zero-order chi connectivity index (χ0) is 16.9. The third-order valence-electron chi connectivity index (χ3n) is 5.27. The molecule has 6 nitrogen and oxygen atoms in total. The molecule has 0 bridgehead atoms. The van der Waals surface area contributed by atoms with Crippen LogP contribution in [-0.4, -0.2) is 63.4 Å². The van der Waals surface area contributed by atoms with Crippen molar-refractivity contribution in [2.24, 2.45) is 0 Å². The van der Waals surface area contributed by atoms with E-state index >= 15 is 0 Å². The van der Waals surface area contributed by atoms with E-state index in [4.69, 9.17) is 0 Å². The van der Waals surface area contributed by atoms with Gasteiger partial charge in [-0.05, 0) is 46.0 Å². The van der Waals surface area contributed by atoms with Crippen LogP contribution in [0.4, 0.5) is 0 Å². The SMILES string of the molecule is C/C=C(\C)CN1CCC(n2cc(C(=O)N3CCCCC3)nn2)CC1. The fourth-order valence-electron chi connectivity index (χ4n) is 3.60. The summed E-state index contributed by atoms with van der Waals surface area (Å²) in [6.07, 6.45) is 9.60. The number of hydrogen-bond donors (Lipinski definition) is 0. The number of nitrogens with zero attached hydrogens (tertiary/aromatic N) is 5. The predicted octanol–water partition coefficient (Wildman–Crippen LogP) is 2.51. The zero-order valence-corrected chi connectivity index (χ0v) is 14.9. The first kappa shape index (κ1) is 17.1. The van der Waals surface area contributed by atoms with Crippen molar-refractivity contribution in [1.82, 2.24) is 24.8 Å². The summed E-state index contributed by atoms with van der Waals surface area (Å²) >= 11 is 0. The summed E-state index contributed by atoms with van der Waals surface area (Å²) in [5.41, 5.74) is 1.92. The Bertz CT molecular complexity index is 580. The van der Waals surface area contributed by atoms with Gasteiger partial charge in [0.1, 0.15) is 0 Å². The van der Waals surface area contributed by atoms with Crippen molar-refractivity contribution >= 4 is 5.91 Å². The van der Waals surface area contributed by atoms with Crippen LogP contribution in [0.3, 0.4) is 0 Å². The molecule has 0 aromatic carbocycles. The lowest BCUT2D eigenvalue weighted by Gasteiger charge is -2.31. The maximum Gasteiger partial charge on any atom is 0.276 e. The lowest BCUT2D eigenvalue weighted by Crippen LogP contribution is -2.36. The standard InChI is InChI=1S/C18H29N5O/c1-3-15(2)13-21-11-7-16(8-12-21)23-14-17(19-20-23)18(24)22-9-5-4-6-10-22/h3,14,16H,4-13H2,1-2H3/b15-3+. The Hall–Kier alpha value is -1.69. The van der Waals surface area contributed by atoms with Gasteiger partial charge in [0.05, 0.1) is 12.2 Å². The summed E-state index contributed by atoms with van der Waals surface area (Å²) in [7, 11) is 0. The van der Waals surface area contributed by atoms with E-state index in [0.29, 0.717) is 11.7 Å². The lowest BCUT2D eigenvalue weighted by molar-refractivity contribution is 0.0718. The van der Waals surface area contributed by atoms with E-state index in [0.717, 1.165) is 58.4 Å². The van der Waals surface area contributed by atoms with Gasteiger partial charge in [-0.1, -0.05) is 16.9 Å². The molecule has 0 saturated carbocycles. The van der Waals surface area contributed by atoms with Crippen LogP contribution in [0.15, 0.2) is 17.8 Å². The highest BCUT2D eigenvalue weighted by Gasteiger charge is 2.25. The molecule has 0 N–H and O–H groups in total. The minimum atomic E-state index is 0.0436. The van der Waals surface area contributed by atoms with E-state index in [1.807, 2.05) is 15.8 Å². The van der Waals surface area contributed by atoms with Gasteiger partial charge in [-0.25, -0.2) is 4.68 Å². The highest BCUT2D eigenvalue weighted by atomic mass is 16.2. The number of piperidine rings is 2. The van der Waals surface area contributed by atoms with Gasteiger partial charge in [0.15, 0.2) is 5.69 Å². The molecule has 2 fully saturated rings.